The number of hydrogen-bond donors (Lipinski definition) is 1. The topological polar surface area (TPSA) is 63.4 Å². The first-order valence-corrected chi connectivity index (χ1v) is 8.04. The zero-order chi connectivity index (χ0) is 15.7. The van der Waals surface area contributed by atoms with Gasteiger partial charge in [0.15, 0.2) is 0 Å². The minimum absolute atomic E-state index is 0.0283. The molecule has 6 heteroatoms. The standard InChI is InChI=1S/C14H23FN2O2S/c1-9(2)11(4)17(5)20(18,19)13-6-10(3)14(15)12(7-13)8-16/h6-7,9,11H,8,16H2,1-5H3. The minimum atomic E-state index is -3.64. The quantitative estimate of drug-likeness (QED) is 0.907. The molecule has 0 saturated heterocycles. The molecule has 1 aromatic rings. The van der Waals surface area contributed by atoms with Gasteiger partial charge in [-0.2, -0.15) is 4.31 Å². The van der Waals surface area contributed by atoms with E-state index < -0.39 is 15.8 Å². The lowest BCUT2D eigenvalue weighted by atomic mass is 10.1. The average Bonchev–Trinajstić information content (AvgIpc) is 2.39. The molecule has 20 heavy (non-hydrogen) atoms. The highest BCUT2D eigenvalue weighted by molar-refractivity contribution is 7.89. The molecule has 0 aromatic heterocycles. The number of sulfonamides is 1. The van der Waals surface area contributed by atoms with Crippen LogP contribution in [0.4, 0.5) is 4.39 Å². The number of nitrogens with zero attached hydrogens (tertiary/aromatic N) is 1. The molecule has 0 aliphatic carbocycles. The molecule has 114 valence electrons. The van der Waals surface area contributed by atoms with Gasteiger partial charge in [0.1, 0.15) is 5.82 Å². The predicted molar refractivity (Wildman–Crippen MR) is 78.3 cm³/mol. The van der Waals surface area contributed by atoms with Crippen molar-refractivity contribution < 1.29 is 12.8 Å². The van der Waals surface area contributed by atoms with E-state index in [9.17, 15) is 12.8 Å². The van der Waals surface area contributed by atoms with Crippen LogP contribution in [0.5, 0.6) is 0 Å². The van der Waals surface area contributed by atoms with E-state index in [1.165, 1.54) is 16.4 Å². The molecule has 0 radical (unpaired) electrons. The Morgan fingerprint density at radius 1 is 1.30 bits per heavy atom. The Balaban J connectivity index is 3.33. The van der Waals surface area contributed by atoms with E-state index in [0.717, 1.165) is 0 Å². The third-order valence-electron chi connectivity index (χ3n) is 3.74. The first-order chi connectivity index (χ1) is 9.12. The Bertz CT molecular complexity index is 585. The monoisotopic (exact) mass is 302 g/mol. The van der Waals surface area contributed by atoms with Crippen molar-refractivity contribution in [1.82, 2.24) is 4.31 Å². The van der Waals surface area contributed by atoms with E-state index in [-0.39, 0.29) is 34.5 Å². The molecule has 1 atom stereocenters. The summed E-state index contributed by atoms with van der Waals surface area (Å²) < 4.78 is 40.2. The summed E-state index contributed by atoms with van der Waals surface area (Å²) in [6.45, 7) is 7.27. The highest BCUT2D eigenvalue weighted by Crippen LogP contribution is 2.24. The van der Waals surface area contributed by atoms with Gasteiger partial charge >= 0.3 is 0 Å². The minimum Gasteiger partial charge on any atom is -0.326 e. The van der Waals surface area contributed by atoms with Crippen LogP contribution in [0.1, 0.15) is 31.9 Å². The number of benzene rings is 1. The molecule has 1 unspecified atom stereocenters. The summed E-state index contributed by atoms with van der Waals surface area (Å²) in [4.78, 5) is 0.0897. The first kappa shape index (κ1) is 17.1. The normalized spacial score (nSPS) is 14.1. The summed E-state index contributed by atoms with van der Waals surface area (Å²) >= 11 is 0. The van der Waals surface area contributed by atoms with Gasteiger partial charge in [-0.1, -0.05) is 13.8 Å². The molecule has 0 saturated carbocycles. The van der Waals surface area contributed by atoms with Crippen LogP contribution in [0.25, 0.3) is 0 Å². The lowest BCUT2D eigenvalue weighted by molar-refractivity contribution is 0.315. The van der Waals surface area contributed by atoms with Crippen LogP contribution < -0.4 is 5.73 Å². The molecular weight excluding hydrogens is 279 g/mol. The summed E-state index contributed by atoms with van der Waals surface area (Å²) in [6.07, 6.45) is 0. The number of hydrogen-bond acceptors (Lipinski definition) is 3. The summed E-state index contributed by atoms with van der Waals surface area (Å²) in [5, 5.41) is 0. The maximum absolute atomic E-state index is 13.8. The lowest BCUT2D eigenvalue weighted by Gasteiger charge is -2.27. The third kappa shape index (κ3) is 3.19. The Kier molecular flexibility index (Phi) is 5.29. The molecule has 0 heterocycles. The van der Waals surface area contributed by atoms with Gasteiger partial charge in [-0.25, -0.2) is 12.8 Å². The first-order valence-electron chi connectivity index (χ1n) is 6.60. The van der Waals surface area contributed by atoms with E-state index in [1.54, 1.807) is 14.0 Å². The van der Waals surface area contributed by atoms with Crippen LogP contribution in [0.3, 0.4) is 0 Å². The number of halogens is 1. The van der Waals surface area contributed by atoms with Gasteiger partial charge in [-0.05, 0) is 37.5 Å². The number of rotatable bonds is 5. The Hall–Kier alpha value is -0.980. The van der Waals surface area contributed by atoms with Crippen LogP contribution >= 0.6 is 0 Å². The van der Waals surface area contributed by atoms with Crippen molar-refractivity contribution in [2.24, 2.45) is 11.7 Å². The largest absolute Gasteiger partial charge is 0.326 e. The second-order valence-corrected chi connectivity index (χ2v) is 7.42. The molecule has 0 spiro atoms. The third-order valence-corrected chi connectivity index (χ3v) is 5.66. The molecule has 0 aliphatic heterocycles. The maximum atomic E-state index is 13.8. The fraction of sp³-hybridized carbons (Fsp3) is 0.571. The fourth-order valence-electron chi connectivity index (χ4n) is 1.91. The molecule has 1 rings (SSSR count). The highest BCUT2D eigenvalue weighted by Gasteiger charge is 2.28. The van der Waals surface area contributed by atoms with Crippen LogP contribution in [-0.4, -0.2) is 25.8 Å². The van der Waals surface area contributed by atoms with E-state index >= 15 is 0 Å². The summed E-state index contributed by atoms with van der Waals surface area (Å²) in [5.41, 5.74) is 5.97. The molecule has 0 aliphatic rings. The molecule has 1 aromatic carbocycles. The zero-order valence-corrected chi connectivity index (χ0v) is 13.5. The van der Waals surface area contributed by atoms with Crippen molar-refractivity contribution in [2.45, 2.75) is 45.2 Å². The number of nitrogens with two attached hydrogens (primary N) is 1. The van der Waals surface area contributed by atoms with Gasteiger partial charge in [-0.3, -0.25) is 0 Å². The van der Waals surface area contributed by atoms with Gasteiger partial charge in [-0.15, -0.1) is 0 Å². The predicted octanol–water partition coefficient (Wildman–Crippen LogP) is 2.26. The Morgan fingerprint density at radius 3 is 2.30 bits per heavy atom. The van der Waals surface area contributed by atoms with Gasteiger partial charge in [0.25, 0.3) is 0 Å². The maximum Gasteiger partial charge on any atom is 0.243 e. The number of aryl methyl sites for hydroxylation is 1. The van der Waals surface area contributed by atoms with Crippen molar-refractivity contribution in [3.63, 3.8) is 0 Å². The SMILES string of the molecule is Cc1cc(S(=O)(=O)N(C)C(C)C(C)C)cc(CN)c1F. The van der Waals surface area contributed by atoms with Crippen molar-refractivity contribution in [1.29, 1.82) is 0 Å². The van der Waals surface area contributed by atoms with E-state index in [2.05, 4.69) is 0 Å². The van der Waals surface area contributed by atoms with Crippen molar-refractivity contribution >= 4 is 10.0 Å². The highest BCUT2D eigenvalue weighted by atomic mass is 32.2. The second-order valence-electron chi connectivity index (χ2n) is 5.42. The van der Waals surface area contributed by atoms with Gasteiger partial charge < -0.3 is 5.73 Å². The summed E-state index contributed by atoms with van der Waals surface area (Å²) in [6, 6.07) is 2.53. The molecule has 2 N–H and O–H groups in total. The average molecular weight is 302 g/mol. The van der Waals surface area contributed by atoms with Gasteiger partial charge in [0, 0.05) is 25.2 Å². The smallest absolute Gasteiger partial charge is 0.243 e. The Labute approximate surface area is 120 Å². The molecule has 4 nitrogen and oxygen atoms in total. The van der Waals surface area contributed by atoms with Crippen LogP contribution in [-0.2, 0) is 16.6 Å². The van der Waals surface area contributed by atoms with E-state index in [4.69, 9.17) is 5.73 Å². The molecule has 0 bridgehead atoms. The zero-order valence-electron chi connectivity index (χ0n) is 12.6. The Morgan fingerprint density at radius 2 is 1.85 bits per heavy atom. The summed E-state index contributed by atoms with van der Waals surface area (Å²) in [7, 11) is -2.10. The molecule has 0 fully saturated rings. The fourth-order valence-corrected chi connectivity index (χ4v) is 3.54. The molecular formula is C14H23FN2O2S. The summed E-state index contributed by atoms with van der Waals surface area (Å²) in [5.74, 6) is -0.253. The lowest BCUT2D eigenvalue weighted by Crippen LogP contribution is -2.38. The van der Waals surface area contributed by atoms with Crippen molar-refractivity contribution in [3.8, 4) is 0 Å². The van der Waals surface area contributed by atoms with Crippen LogP contribution in [0.15, 0.2) is 17.0 Å². The van der Waals surface area contributed by atoms with Gasteiger partial charge in [0.2, 0.25) is 10.0 Å². The van der Waals surface area contributed by atoms with E-state index in [1.807, 2.05) is 20.8 Å². The van der Waals surface area contributed by atoms with Crippen LogP contribution in [0, 0.1) is 18.7 Å². The van der Waals surface area contributed by atoms with Gasteiger partial charge in [0.05, 0.1) is 4.90 Å². The van der Waals surface area contributed by atoms with Crippen molar-refractivity contribution in [3.05, 3.63) is 29.1 Å². The second kappa shape index (κ2) is 6.20. The van der Waals surface area contributed by atoms with Crippen LogP contribution in [0.2, 0.25) is 0 Å². The molecule has 0 amide bonds. The van der Waals surface area contributed by atoms with E-state index in [0.29, 0.717) is 0 Å². The van der Waals surface area contributed by atoms with Crippen molar-refractivity contribution in [2.75, 3.05) is 7.05 Å².